The number of carbonyl (C=O) groups excluding carboxylic acids is 2. The topological polar surface area (TPSA) is 55.7 Å². The Hall–Kier alpha value is -1.33. The maximum Gasteiger partial charge on any atom is 0.310 e. The molecule has 1 aliphatic rings. The van der Waals surface area contributed by atoms with E-state index in [0.717, 1.165) is 32.1 Å². The smallest absolute Gasteiger partial charge is 0.310 e. The van der Waals surface area contributed by atoms with Crippen LogP contribution in [-0.4, -0.2) is 36.5 Å². The lowest BCUT2D eigenvalue weighted by molar-refractivity contribution is -0.182. The highest BCUT2D eigenvalue weighted by molar-refractivity contribution is 5.84. The average molecular weight is 518 g/mol. The Labute approximate surface area is 221 Å². The van der Waals surface area contributed by atoms with Crippen LogP contribution >= 0.6 is 0 Å². The van der Waals surface area contributed by atoms with Crippen molar-refractivity contribution in [2.75, 3.05) is 7.05 Å². The largest absolute Gasteiger partial charge is 0.478 e. The van der Waals surface area contributed by atoms with E-state index in [9.17, 15) is 18.4 Å². The number of aliphatic imine (C=N–C) groups is 1. The first-order valence-electron chi connectivity index (χ1n) is 13.8. The molecule has 0 aromatic carbocycles. The van der Waals surface area contributed by atoms with E-state index >= 15 is 0 Å². The van der Waals surface area contributed by atoms with Crippen molar-refractivity contribution in [3.05, 3.63) is 0 Å². The fourth-order valence-corrected chi connectivity index (χ4v) is 5.94. The fraction of sp³-hybridized carbons (Fsp3) is 0.900. The lowest BCUT2D eigenvalue weighted by atomic mass is 9.53. The third-order valence-corrected chi connectivity index (χ3v) is 6.75. The molecule has 1 rings (SSSR count). The summed E-state index contributed by atoms with van der Waals surface area (Å²) in [6.07, 6.45) is 6.66. The van der Waals surface area contributed by atoms with Crippen molar-refractivity contribution in [2.24, 2.45) is 27.2 Å². The Morgan fingerprint density at radius 3 is 1.78 bits per heavy atom. The number of halogens is 2. The second-order valence-corrected chi connectivity index (χ2v) is 12.3. The van der Waals surface area contributed by atoms with E-state index in [-0.39, 0.29) is 22.7 Å². The van der Waals surface area contributed by atoms with Crippen molar-refractivity contribution in [3.63, 3.8) is 0 Å². The number of hydrogen-bond acceptors (Lipinski definition) is 4. The lowest BCUT2D eigenvalue weighted by Gasteiger charge is -2.52. The van der Waals surface area contributed by atoms with Crippen LogP contribution in [0.15, 0.2) is 4.99 Å². The van der Waals surface area contributed by atoms with Crippen LogP contribution in [0.4, 0.5) is 8.78 Å². The van der Waals surface area contributed by atoms with E-state index < -0.39 is 17.1 Å². The van der Waals surface area contributed by atoms with Gasteiger partial charge in [-0.25, -0.2) is 0 Å². The standard InChI is InChI=1S/C14H24F2O.C14H27NO2.C2H6/c1-10(17)14(15,16)13(6)8-11(2,3)7-12(4,5)9-13;1-6-7-8-11(2)14(15-5)17-13(4)10-9-12(3)16;1-2/h7-9H2,1-6H3;11,13H,6-10H2,1-5H3;1-2H3. The predicted octanol–water partition coefficient (Wildman–Crippen LogP) is 9.09. The average Bonchev–Trinajstić information content (AvgIpc) is 2.73. The van der Waals surface area contributed by atoms with E-state index in [4.69, 9.17) is 4.74 Å². The highest BCUT2D eigenvalue weighted by Crippen LogP contribution is 2.59. The number of alkyl halides is 2. The van der Waals surface area contributed by atoms with Gasteiger partial charge in [0.25, 0.3) is 0 Å². The van der Waals surface area contributed by atoms with Crippen molar-refractivity contribution >= 4 is 17.5 Å². The number of rotatable bonds is 10. The first kappa shape index (κ1) is 36.8. The number of carbonyl (C=O) groups is 2. The molecule has 2 atom stereocenters. The van der Waals surface area contributed by atoms with Gasteiger partial charge in [-0.1, -0.05) is 75.2 Å². The number of nitrogens with zero attached hydrogens (tertiary/aromatic N) is 1. The van der Waals surface area contributed by atoms with Crippen LogP contribution in [0.3, 0.4) is 0 Å². The third kappa shape index (κ3) is 12.8. The van der Waals surface area contributed by atoms with E-state index in [2.05, 4.69) is 18.8 Å². The zero-order valence-electron chi connectivity index (χ0n) is 25.7. The van der Waals surface area contributed by atoms with Crippen molar-refractivity contribution < 1.29 is 23.1 Å². The summed E-state index contributed by atoms with van der Waals surface area (Å²) < 4.78 is 34.1. The van der Waals surface area contributed by atoms with E-state index in [1.807, 2.05) is 48.5 Å². The summed E-state index contributed by atoms with van der Waals surface area (Å²) in [7, 11) is 1.77. The molecule has 0 N–H and O–H groups in total. The van der Waals surface area contributed by atoms with Gasteiger partial charge in [0.2, 0.25) is 0 Å². The molecule has 0 radical (unpaired) electrons. The van der Waals surface area contributed by atoms with Crippen LogP contribution in [0.1, 0.15) is 134 Å². The molecule has 0 aliphatic heterocycles. The summed E-state index contributed by atoms with van der Waals surface area (Å²) in [6, 6.07) is 0. The maximum atomic E-state index is 14.2. The number of ketones is 2. The zero-order valence-corrected chi connectivity index (χ0v) is 25.7. The minimum Gasteiger partial charge on any atom is -0.478 e. The Morgan fingerprint density at radius 2 is 1.42 bits per heavy atom. The van der Waals surface area contributed by atoms with Gasteiger partial charge in [-0.2, -0.15) is 8.78 Å². The number of hydrogen-bond donors (Lipinski definition) is 0. The summed E-state index contributed by atoms with van der Waals surface area (Å²) in [5.41, 5.74) is -1.51. The molecule has 4 nitrogen and oxygen atoms in total. The van der Waals surface area contributed by atoms with E-state index in [1.54, 1.807) is 20.9 Å². The van der Waals surface area contributed by atoms with Crippen molar-refractivity contribution in [1.82, 2.24) is 0 Å². The molecule has 0 saturated heterocycles. The van der Waals surface area contributed by atoms with Gasteiger partial charge in [0.05, 0.1) is 6.10 Å². The van der Waals surface area contributed by atoms with Gasteiger partial charge in [0.15, 0.2) is 11.7 Å². The molecule has 6 heteroatoms. The van der Waals surface area contributed by atoms with E-state index in [0.29, 0.717) is 25.2 Å². The lowest BCUT2D eigenvalue weighted by Crippen LogP contribution is -2.52. The Morgan fingerprint density at radius 1 is 0.944 bits per heavy atom. The van der Waals surface area contributed by atoms with Gasteiger partial charge < -0.3 is 9.53 Å². The monoisotopic (exact) mass is 517 g/mol. The maximum absolute atomic E-state index is 14.2. The molecule has 0 spiro atoms. The first-order chi connectivity index (χ1) is 16.3. The second-order valence-electron chi connectivity index (χ2n) is 12.3. The zero-order chi connectivity index (χ0) is 29.0. The quantitative estimate of drug-likeness (QED) is 0.214. The summed E-state index contributed by atoms with van der Waals surface area (Å²) >= 11 is 0. The molecule has 0 heterocycles. The molecular weight excluding hydrogens is 460 g/mol. The first-order valence-corrected chi connectivity index (χ1v) is 13.8. The normalized spacial score (nSPS) is 20.0. The van der Waals surface area contributed by atoms with Gasteiger partial charge in [0.1, 0.15) is 5.78 Å². The van der Waals surface area contributed by atoms with Crippen LogP contribution < -0.4 is 0 Å². The van der Waals surface area contributed by atoms with E-state index in [1.165, 1.54) is 12.8 Å². The highest BCUT2D eigenvalue weighted by Gasteiger charge is 2.59. The Kier molecular flexibility index (Phi) is 16.2. The van der Waals surface area contributed by atoms with Gasteiger partial charge in [-0.3, -0.25) is 9.79 Å². The molecule has 0 aromatic heterocycles. The van der Waals surface area contributed by atoms with Gasteiger partial charge in [0, 0.05) is 31.7 Å². The molecule has 1 aliphatic carbocycles. The minimum absolute atomic E-state index is 0.0710. The van der Waals surface area contributed by atoms with Crippen LogP contribution in [0.25, 0.3) is 0 Å². The van der Waals surface area contributed by atoms with Crippen LogP contribution in [0, 0.1) is 22.2 Å². The third-order valence-electron chi connectivity index (χ3n) is 6.75. The van der Waals surface area contributed by atoms with Crippen LogP contribution in [0.2, 0.25) is 0 Å². The SMILES string of the molecule is CC.CC(=O)C(F)(F)C1(C)CC(C)(C)CC(C)(C)C1.CCCCC(C)C(=NC)OC(C)CCC(C)=O. The van der Waals surface area contributed by atoms with Crippen LogP contribution in [-0.2, 0) is 14.3 Å². The molecule has 36 heavy (non-hydrogen) atoms. The number of ether oxygens (including phenoxy) is 1. The molecular formula is C30H57F2NO3. The van der Waals surface area contributed by atoms with Gasteiger partial charge in [-0.15, -0.1) is 0 Å². The summed E-state index contributed by atoms with van der Waals surface area (Å²) in [5.74, 6) is -2.81. The van der Waals surface area contributed by atoms with Gasteiger partial charge in [-0.05, 0) is 56.8 Å². The second kappa shape index (κ2) is 15.8. The Balaban J connectivity index is 0. The fourth-order valence-electron chi connectivity index (χ4n) is 5.94. The molecule has 0 amide bonds. The number of unbranched alkanes of at least 4 members (excludes halogenated alkanes) is 1. The van der Waals surface area contributed by atoms with Crippen molar-refractivity contribution in [1.29, 1.82) is 0 Å². The molecule has 1 saturated carbocycles. The van der Waals surface area contributed by atoms with Gasteiger partial charge >= 0.3 is 5.92 Å². The van der Waals surface area contributed by atoms with Crippen molar-refractivity contribution in [2.45, 2.75) is 146 Å². The van der Waals surface area contributed by atoms with Crippen molar-refractivity contribution in [3.8, 4) is 0 Å². The molecule has 0 aromatic rings. The summed E-state index contributed by atoms with van der Waals surface area (Å²) in [6.45, 7) is 22.6. The predicted molar refractivity (Wildman–Crippen MR) is 149 cm³/mol. The Bertz CT molecular complexity index is 682. The highest BCUT2D eigenvalue weighted by atomic mass is 19.3. The molecule has 214 valence electrons. The minimum atomic E-state index is -3.22. The summed E-state index contributed by atoms with van der Waals surface area (Å²) in [5, 5.41) is 0. The molecule has 0 bridgehead atoms. The molecule has 2 unspecified atom stereocenters. The number of Topliss-reactive ketones (excluding diaryl/α,β-unsaturated/α-hetero) is 2. The van der Waals surface area contributed by atoms with Crippen LogP contribution in [0.5, 0.6) is 0 Å². The molecule has 1 fully saturated rings. The summed E-state index contributed by atoms with van der Waals surface area (Å²) in [4.78, 5) is 26.4.